The predicted octanol–water partition coefficient (Wildman–Crippen LogP) is 2.04. The third kappa shape index (κ3) is 5.05. The van der Waals surface area contributed by atoms with Gasteiger partial charge in [-0.05, 0) is 30.8 Å². The Balaban J connectivity index is 2.12. The molecule has 0 aliphatic carbocycles. The lowest BCUT2D eigenvalue weighted by Gasteiger charge is -2.42. The third-order valence-corrected chi connectivity index (χ3v) is 6.23. The summed E-state index contributed by atoms with van der Waals surface area (Å²) >= 11 is 12.2. The van der Waals surface area contributed by atoms with E-state index in [1.54, 1.807) is 6.07 Å². The zero-order valence-electron chi connectivity index (χ0n) is 18.0. The van der Waals surface area contributed by atoms with Crippen LogP contribution in [0, 0.1) is 4.77 Å². The Morgan fingerprint density at radius 1 is 1.28 bits per heavy atom. The van der Waals surface area contributed by atoms with E-state index < -0.39 is 43.1 Å². The number of hydrogen-bond acceptors (Lipinski definition) is 7. The number of aromatic nitrogens is 3. The first-order valence-corrected chi connectivity index (χ1v) is 11.4. The van der Waals surface area contributed by atoms with Crippen LogP contribution in [0.25, 0.3) is 11.4 Å². The topological polar surface area (TPSA) is 122 Å². The number of amides is 1. The number of benzene rings is 1. The zero-order valence-corrected chi connectivity index (χ0v) is 19.6. The van der Waals surface area contributed by atoms with Gasteiger partial charge in [-0.25, -0.2) is 4.68 Å². The van der Waals surface area contributed by atoms with Crippen LogP contribution in [-0.4, -0.2) is 66.5 Å². The van der Waals surface area contributed by atoms with Gasteiger partial charge in [-0.1, -0.05) is 43.5 Å². The Kier molecular flexibility index (Phi) is 8.43. The second-order valence-electron chi connectivity index (χ2n) is 7.84. The molecule has 9 nitrogen and oxygen atoms in total. The summed E-state index contributed by atoms with van der Waals surface area (Å²) in [6.07, 6.45) is -2.01. The standard InChI is InChI=1S/C21H29ClN4O5S/c1-3-4-7-10-25-19(13-8-5-6-9-14(13)22)24-26(21(25)32)20-16(23-12(2)28)18(30)17(29)15(11-27)31-20/h5-6,8-9,15-18,20,27,29-30H,3-4,7,10-11H2,1-2H3,(H,23,28)/t15-,16-,17-,18-,20-/m1/s1. The van der Waals surface area contributed by atoms with Crippen LogP contribution >= 0.6 is 23.8 Å². The molecule has 0 spiro atoms. The molecule has 1 amide bonds. The summed E-state index contributed by atoms with van der Waals surface area (Å²) in [5, 5.41) is 38.4. The second kappa shape index (κ2) is 10.9. The minimum Gasteiger partial charge on any atom is -0.394 e. The van der Waals surface area contributed by atoms with Gasteiger partial charge < -0.3 is 25.4 Å². The molecule has 5 atom stereocenters. The Labute approximate surface area is 196 Å². The molecule has 2 heterocycles. The summed E-state index contributed by atoms with van der Waals surface area (Å²) in [6.45, 7) is 3.47. The number of nitrogens with one attached hydrogen (secondary N) is 1. The van der Waals surface area contributed by atoms with Crippen LogP contribution in [0.5, 0.6) is 0 Å². The van der Waals surface area contributed by atoms with Gasteiger partial charge in [-0.2, -0.15) is 0 Å². The minimum absolute atomic E-state index is 0.316. The number of carbonyl (C=O) groups excluding carboxylic acids is 1. The van der Waals surface area contributed by atoms with E-state index in [1.807, 2.05) is 22.8 Å². The number of nitrogens with zero attached hydrogens (tertiary/aromatic N) is 3. The molecule has 11 heteroatoms. The number of aliphatic hydroxyl groups is 3. The minimum atomic E-state index is -1.40. The van der Waals surface area contributed by atoms with Crippen LogP contribution in [0.4, 0.5) is 0 Å². The summed E-state index contributed by atoms with van der Waals surface area (Å²) in [4.78, 5) is 11.8. The van der Waals surface area contributed by atoms with Gasteiger partial charge in [-0.15, -0.1) is 5.10 Å². The van der Waals surface area contributed by atoms with Crippen molar-refractivity contribution in [3.8, 4) is 11.4 Å². The van der Waals surface area contributed by atoms with E-state index in [9.17, 15) is 20.1 Å². The molecule has 1 saturated heterocycles. The van der Waals surface area contributed by atoms with Gasteiger partial charge in [-0.3, -0.25) is 9.36 Å². The summed E-state index contributed by atoms with van der Waals surface area (Å²) in [6, 6.07) is 6.23. The summed E-state index contributed by atoms with van der Waals surface area (Å²) < 4.78 is 9.44. The van der Waals surface area contributed by atoms with E-state index in [2.05, 4.69) is 17.3 Å². The lowest BCUT2D eigenvalue weighted by atomic mass is 9.96. The maximum absolute atomic E-state index is 11.8. The van der Waals surface area contributed by atoms with Crippen LogP contribution in [0.1, 0.15) is 39.3 Å². The summed E-state index contributed by atoms with van der Waals surface area (Å²) in [5.41, 5.74) is 0.682. The van der Waals surface area contributed by atoms with Gasteiger partial charge in [0.15, 0.2) is 12.1 Å². The Morgan fingerprint density at radius 3 is 2.62 bits per heavy atom. The molecule has 176 valence electrons. The molecule has 1 aliphatic heterocycles. The highest BCUT2D eigenvalue weighted by atomic mass is 35.5. The van der Waals surface area contributed by atoms with Crippen molar-refractivity contribution in [1.82, 2.24) is 19.7 Å². The highest BCUT2D eigenvalue weighted by molar-refractivity contribution is 7.71. The van der Waals surface area contributed by atoms with Gasteiger partial charge in [0.05, 0.1) is 11.6 Å². The average molecular weight is 485 g/mol. The summed E-state index contributed by atoms with van der Waals surface area (Å²) in [7, 11) is 0. The van der Waals surface area contributed by atoms with Crippen molar-refractivity contribution in [3.05, 3.63) is 34.1 Å². The molecule has 32 heavy (non-hydrogen) atoms. The van der Waals surface area contributed by atoms with Crippen molar-refractivity contribution in [1.29, 1.82) is 0 Å². The van der Waals surface area contributed by atoms with Crippen LogP contribution in [0.2, 0.25) is 5.02 Å². The molecule has 0 bridgehead atoms. The smallest absolute Gasteiger partial charge is 0.217 e. The molecule has 2 aromatic rings. The van der Waals surface area contributed by atoms with E-state index in [4.69, 9.17) is 28.6 Å². The first-order chi connectivity index (χ1) is 15.3. The van der Waals surface area contributed by atoms with Crippen molar-refractivity contribution >= 4 is 29.7 Å². The quantitative estimate of drug-likeness (QED) is 0.334. The molecule has 1 aromatic heterocycles. The third-order valence-electron chi connectivity index (χ3n) is 5.50. The summed E-state index contributed by atoms with van der Waals surface area (Å²) in [5.74, 6) is 0.112. The van der Waals surface area contributed by atoms with E-state index >= 15 is 0 Å². The number of unbranched alkanes of at least 4 members (excludes halogenated alkanes) is 2. The van der Waals surface area contributed by atoms with Gasteiger partial charge >= 0.3 is 0 Å². The van der Waals surface area contributed by atoms with Crippen molar-refractivity contribution in [2.24, 2.45) is 0 Å². The molecule has 1 fully saturated rings. The highest BCUT2D eigenvalue weighted by Gasteiger charge is 2.46. The van der Waals surface area contributed by atoms with Crippen LogP contribution < -0.4 is 5.32 Å². The molecule has 0 saturated carbocycles. The molecule has 0 unspecified atom stereocenters. The maximum atomic E-state index is 11.8. The fourth-order valence-corrected chi connectivity index (χ4v) is 4.38. The maximum Gasteiger partial charge on any atom is 0.217 e. The molecule has 0 radical (unpaired) electrons. The van der Waals surface area contributed by atoms with Gasteiger partial charge in [0.25, 0.3) is 0 Å². The lowest BCUT2D eigenvalue weighted by molar-refractivity contribution is -0.219. The number of ether oxygens (including phenoxy) is 1. The highest BCUT2D eigenvalue weighted by Crippen LogP contribution is 2.32. The van der Waals surface area contributed by atoms with Gasteiger partial charge in [0.2, 0.25) is 10.7 Å². The predicted molar refractivity (Wildman–Crippen MR) is 122 cm³/mol. The molecule has 3 rings (SSSR count). The molecule has 1 aliphatic rings. The number of aliphatic hydroxyl groups excluding tert-OH is 3. The molecular formula is C21H29ClN4O5S. The van der Waals surface area contributed by atoms with Crippen molar-refractivity contribution in [3.63, 3.8) is 0 Å². The monoisotopic (exact) mass is 484 g/mol. The van der Waals surface area contributed by atoms with E-state index in [-0.39, 0.29) is 0 Å². The van der Waals surface area contributed by atoms with Crippen molar-refractivity contribution < 1.29 is 24.9 Å². The zero-order chi connectivity index (χ0) is 23.4. The first-order valence-electron chi connectivity index (χ1n) is 10.6. The molecule has 1 aromatic carbocycles. The lowest BCUT2D eigenvalue weighted by Crippen LogP contribution is -2.62. The first kappa shape index (κ1) is 24.8. The number of halogens is 1. The fourth-order valence-electron chi connectivity index (χ4n) is 3.84. The van der Waals surface area contributed by atoms with Crippen LogP contribution in [0.15, 0.2) is 24.3 Å². The number of rotatable bonds is 8. The van der Waals surface area contributed by atoms with Crippen LogP contribution in [-0.2, 0) is 16.1 Å². The Hall–Kier alpha value is -1.82. The molecule has 4 N–H and O–H groups in total. The second-order valence-corrected chi connectivity index (χ2v) is 8.62. The van der Waals surface area contributed by atoms with Gasteiger partial charge in [0.1, 0.15) is 24.4 Å². The van der Waals surface area contributed by atoms with E-state index in [0.29, 0.717) is 27.7 Å². The Bertz CT molecular complexity index is 997. The fraction of sp³-hybridized carbons (Fsp3) is 0.571. The van der Waals surface area contributed by atoms with E-state index in [0.717, 1.165) is 19.3 Å². The van der Waals surface area contributed by atoms with Crippen molar-refractivity contribution in [2.45, 2.75) is 70.2 Å². The SMILES string of the molecule is CCCCCn1c(-c2ccccc2Cl)nn([C@@H]2O[C@H](CO)[C@@H](O)[C@H](O)[C@H]2NC(C)=O)c1=S. The Morgan fingerprint density at radius 2 is 2.00 bits per heavy atom. The van der Waals surface area contributed by atoms with E-state index in [1.165, 1.54) is 11.6 Å². The van der Waals surface area contributed by atoms with Crippen molar-refractivity contribution in [2.75, 3.05) is 6.61 Å². The normalized spacial score (nSPS) is 25.6. The van der Waals surface area contributed by atoms with Gasteiger partial charge in [0, 0.05) is 19.0 Å². The van der Waals surface area contributed by atoms with Crippen LogP contribution in [0.3, 0.4) is 0 Å². The molecular weight excluding hydrogens is 456 g/mol. The number of carbonyl (C=O) groups is 1. The number of hydrogen-bond donors (Lipinski definition) is 4. The average Bonchev–Trinajstić information content (AvgIpc) is 3.08. The largest absolute Gasteiger partial charge is 0.394 e.